The number of thioether (sulfide) groups is 1. The van der Waals surface area contributed by atoms with Gasteiger partial charge in [0.25, 0.3) is 5.91 Å². The molecule has 0 saturated carbocycles. The summed E-state index contributed by atoms with van der Waals surface area (Å²) in [6.07, 6.45) is -0.910. The minimum absolute atomic E-state index is 0.0327. The predicted molar refractivity (Wildman–Crippen MR) is 136 cm³/mol. The normalized spacial score (nSPS) is 16.6. The molecule has 0 aliphatic carbocycles. The van der Waals surface area contributed by atoms with Crippen molar-refractivity contribution in [3.8, 4) is 23.3 Å². The van der Waals surface area contributed by atoms with Crippen molar-refractivity contribution in [2.75, 3.05) is 26.7 Å². The van der Waals surface area contributed by atoms with Gasteiger partial charge in [0.15, 0.2) is 16.7 Å². The van der Waals surface area contributed by atoms with Gasteiger partial charge in [-0.25, -0.2) is 0 Å². The van der Waals surface area contributed by atoms with Crippen LogP contribution in [-0.2, 0) is 15.8 Å². The van der Waals surface area contributed by atoms with Crippen molar-refractivity contribution < 1.29 is 32.2 Å². The van der Waals surface area contributed by atoms with Gasteiger partial charge in [-0.3, -0.25) is 9.59 Å². The minimum Gasteiger partial charge on any atom is -0.493 e. The summed E-state index contributed by atoms with van der Waals surface area (Å²) >= 11 is 1.17. The number of amidine groups is 1. The Bertz CT molecular complexity index is 1350. The van der Waals surface area contributed by atoms with Crippen LogP contribution in [0, 0.1) is 11.3 Å². The fourth-order valence-corrected chi connectivity index (χ4v) is 4.77. The van der Waals surface area contributed by atoms with Crippen LogP contribution in [0.1, 0.15) is 36.0 Å². The zero-order chi connectivity index (χ0) is 27.3. The van der Waals surface area contributed by atoms with E-state index in [0.717, 1.165) is 31.5 Å². The Morgan fingerprint density at radius 2 is 1.97 bits per heavy atom. The third-order valence-corrected chi connectivity index (χ3v) is 6.73. The predicted octanol–water partition coefficient (Wildman–Crippen LogP) is 4.95. The summed E-state index contributed by atoms with van der Waals surface area (Å²) in [6, 6.07) is 9.27. The number of nitrogens with zero attached hydrogens (tertiary/aromatic N) is 3. The Kier molecular flexibility index (Phi) is 8.26. The van der Waals surface area contributed by atoms with E-state index < -0.39 is 23.4 Å². The average Bonchev–Trinajstić information content (AvgIpc) is 3.46. The molecule has 2 aliphatic heterocycles. The van der Waals surface area contributed by atoms with Gasteiger partial charge in [-0.2, -0.15) is 23.4 Å². The molecule has 12 heteroatoms. The Morgan fingerprint density at radius 3 is 2.66 bits per heavy atom. The van der Waals surface area contributed by atoms with Crippen molar-refractivity contribution in [1.82, 2.24) is 10.2 Å². The summed E-state index contributed by atoms with van der Waals surface area (Å²) in [4.78, 5) is 30.2. The van der Waals surface area contributed by atoms with Crippen molar-refractivity contribution in [3.63, 3.8) is 0 Å². The lowest BCUT2D eigenvalue weighted by Crippen LogP contribution is -2.29. The summed E-state index contributed by atoms with van der Waals surface area (Å²) in [6.45, 7) is 2.00. The number of amides is 2. The highest BCUT2D eigenvalue weighted by Gasteiger charge is 2.35. The van der Waals surface area contributed by atoms with Gasteiger partial charge in [0.2, 0.25) is 5.91 Å². The molecule has 2 aliphatic rings. The molecular formula is C26H23F3N4O4S. The number of nitrogens with one attached hydrogen (secondary N) is 1. The second-order valence-corrected chi connectivity index (χ2v) is 9.46. The van der Waals surface area contributed by atoms with Crippen molar-refractivity contribution in [1.29, 1.82) is 5.26 Å². The first-order chi connectivity index (χ1) is 18.2. The molecule has 0 spiro atoms. The summed E-state index contributed by atoms with van der Waals surface area (Å²) in [5, 5.41) is 12.5. The summed E-state index contributed by atoms with van der Waals surface area (Å²) in [5.41, 5.74) is -0.665. The smallest absolute Gasteiger partial charge is 0.420 e. The molecule has 0 aromatic heterocycles. The van der Waals surface area contributed by atoms with Gasteiger partial charge < -0.3 is 19.7 Å². The van der Waals surface area contributed by atoms with E-state index in [9.17, 15) is 22.8 Å². The maximum Gasteiger partial charge on any atom is 0.420 e. The van der Waals surface area contributed by atoms with Crippen LogP contribution in [0.2, 0.25) is 0 Å². The topological polar surface area (TPSA) is 104 Å². The van der Waals surface area contributed by atoms with Gasteiger partial charge in [-0.05, 0) is 66.6 Å². The van der Waals surface area contributed by atoms with Crippen molar-refractivity contribution >= 4 is 34.8 Å². The number of nitriles is 1. The first-order valence-electron chi connectivity index (χ1n) is 11.7. The summed E-state index contributed by atoms with van der Waals surface area (Å²) in [7, 11) is 1.35. The summed E-state index contributed by atoms with van der Waals surface area (Å²) in [5.74, 6) is -0.532. The van der Waals surface area contributed by atoms with E-state index in [1.165, 1.54) is 37.1 Å². The monoisotopic (exact) mass is 544 g/mol. The van der Waals surface area contributed by atoms with Crippen LogP contribution in [0.25, 0.3) is 6.08 Å². The third-order valence-electron chi connectivity index (χ3n) is 5.79. The van der Waals surface area contributed by atoms with Crippen LogP contribution in [0.5, 0.6) is 17.2 Å². The van der Waals surface area contributed by atoms with Gasteiger partial charge in [0.1, 0.15) is 5.75 Å². The Balaban J connectivity index is 1.41. The SMILES string of the molecule is COc1cc(/C=C2/SC(NCCCN3CCCC3=O)=NC2=O)ccc1Oc1ccc(C#N)cc1C(F)(F)F. The first-order valence-corrected chi connectivity index (χ1v) is 12.5. The average molecular weight is 545 g/mol. The highest BCUT2D eigenvalue weighted by Crippen LogP contribution is 2.41. The molecule has 1 N–H and O–H groups in total. The first kappa shape index (κ1) is 27.1. The maximum atomic E-state index is 13.5. The number of benzene rings is 2. The molecule has 8 nitrogen and oxygen atoms in total. The molecule has 2 amide bonds. The number of aliphatic imine (C=N–C) groups is 1. The van der Waals surface area contributed by atoms with Gasteiger partial charge in [0, 0.05) is 26.1 Å². The van der Waals surface area contributed by atoms with Crippen LogP contribution in [0.3, 0.4) is 0 Å². The Morgan fingerprint density at radius 1 is 1.18 bits per heavy atom. The van der Waals surface area contributed by atoms with E-state index in [1.54, 1.807) is 18.2 Å². The van der Waals surface area contributed by atoms with Crippen LogP contribution < -0.4 is 14.8 Å². The number of hydrogen-bond acceptors (Lipinski definition) is 7. The number of likely N-dealkylation sites (tertiary alicyclic amines) is 1. The number of methoxy groups -OCH3 is 1. The molecule has 4 rings (SSSR count). The number of carbonyl (C=O) groups is 2. The molecule has 198 valence electrons. The van der Waals surface area contributed by atoms with Crippen molar-refractivity contribution in [2.45, 2.75) is 25.4 Å². The van der Waals surface area contributed by atoms with Crippen LogP contribution in [0.15, 0.2) is 46.3 Å². The lowest BCUT2D eigenvalue weighted by molar-refractivity contribution is -0.138. The second kappa shape index (κ2) is 11.6. The number of rotatable bonds is 8. The molecule has 2 aromatic rings. The van der Waals surface area contributed by atoms with E-state index in [-0.39, 0.29) is 23.0 Å². The Hall–Kier alpha value is -3.98. The zero-order valence-corrected chi connectivity index (χ0v) is 21.1. The summed E-state index contributed by atoms with van der Waals surface area (Å²) < 4.78 is 51.3. The fourth-order valence-electron chi connectivity index (χ4n) is 3.93. The second-order valence-electron chi connectivity index (χ2n) is 8.43. The quantitative estimate of drug-likeness (QED) is 0.370. The van der Waals surface area contributed by atoms with E-state index >= 15 is 0 Å². The highest BCUT2D eigenvalue weighted by atomic mass is 32.2. The van der Waals surface area contributed by atoms with Crippen LogP contribution >= 0.6 is 11.8 Å². The third kappa shape index (κ3) is 6.47. The lowest BCUT2D eigenvalue weighted by atomic mass is 10.1. The number of hydrogen-bond donors (Lipinski definition) is 1. The number of halogens is 3. The number of carbonyl (C=O) groups excluding carboxylic acids is 2. The van der Waals surface area contributed by atoms with Crippen LogP contribution in [0.4, 0.5) is 13.2 Å². The molecule has 1 saturated heterocycles. The van der Waals surface area contributed by atoms with Gasteiger partial charge in [-0.1, -0.05) is 6.07 Å². The largest absolute Gasteiger partial charge is 0.493 e. The molecule has 38 heavy (non-hydrogen) atoms. The highest BCUT2D eigenvalue weighted by molar-refractivity contribution is 8.18. The van der Waals surface area contributed by atoms with Gasteiger partial charge in [-0.15, -0.1) is 0 Å². The molecular weight excluding hydrogens is 521 g/mol. The fraction of sp³-hybridized carbons (Fsp3) is 0.308. The van der Waals surface area contributed by atoms with E-state index in [1.807, 2.05) is 4.90 Å². The minimum atomic E-state index is -4.73. The van der Waals surface area contributed by atoms with E-state index in [2.05, 4.69) is 10.3 Å². The van der Waals surface area contributed by atoms with E-state index in [4.69, 9.17) is 14.7 Å². The van der Waals surface area contributed by atoms with Crippen LogP contribution in [-0.4, -0.2) is 48.6 Å². The Labute approximate surface area is 221 Å². The van der Waals surface area contributed by atoms with E-state index in [0.29, 0.717) is 35.1 Å². The van der Waals surface area contributed by atoms with Crippen molar-refractivity contribution in [2.24, 2.45) is 4.99 Å². The number of ether oxygens (including phenoxy) is 2. The van der Waals surface area contributed by atoms with Crippen molar-refractivity contribution in [3.05, 3.63) is 58.0 Å². The zero-order valence-electron chi connectivity index (χ0n) is 20.3. The molecule has 0 atom stereocenters. The molecule has 0 radical (unpaired) electrons. The molecule has 2 heterocycles. The molecule has 1 fully saturated rings. The van der Waals surface area contributed by atoms with Gasteiger partial charge in [0.05, 0.1) is 29.2 Å². The standard InChI is InChI=1S/C26H23F3N4O4S/c1-36-21-13-16(5-8-20(21)37-19-7-6-17(15-30)12-18(19)26(27,28)29)14-22-24(35)32-25(38-22)31-9-3-11-33-10-2-4-23(33)34/h5-8,12-14H,2-4,9-11H2,1H3,(H,31,32,35)/b22-14+. The number of alkyl halides is 3. The molecule has 0 bridgehead atoms. The molecule has 0 unspecified atom stereocenters. The lowest BCUT2D eigenvalue weighted by Gasteiger charge is -2.16. The molecule has 2 aromatic carbocycles. The van der Waals surface area contributed by atoms with Gasteiger partial charge >= 0.3 is 6.18 Å². The maximum absolute atomic E-state index is 13.5.